The third kappa shape index (κ3) is 5.07. The van der Waals surface area contributed by atoms with Gasteiger partial charge in [0.25, 0.3) is 5.91 Å². The Labute approximate surface area is 175 Å². The molecular weight excluding hydrogens is 419 g/mol. The van der Waals surface area contributed by atoms with Gasteiger partial charge in [-0.2, -0.15) is 0 Å². The predicted octanol–water partition coefficient (Wildman–Crippen LogP) is 4.12. The first-order valence-electron chi connectivity index (χ1n) is 8.32. The molecule has 28 heavy (non-hydrogen) atoms. The lowest BCUT2D eigenvalue weighted by Gasteiger charge is -2.12. The number of nitrogens with one attached hydrogen (secondary N) is 2. The lowest BCUT2D eigenvalue weighted by atomic mass is 10.2. The number of rotatable bonds is 6. The maximum absolute atomic E-state index is 12.2. The number of nitrogens with zero attached hydrogens (tertiary/aromatic N) is 2. The van der Waals surface area contributed by atoms with Crippen LogP contribution in [0.5, 0.6) is 0 Å². The molecule has 3 rings (SSSR count). The minimum absolute atomic E-state index is 0.161. The smallest absolute Gasteiger partial charge is 0.251 e. The van der Waals surface area contributed by atoms with Gasteiger partial charge < -0.3 is 10.6 Å². The van der Waals surface area contributed by atoms with Crippen LogP contribution in [-0.2, 0) is 4.79 Å². The van der Waals surface area contributed by atoms with Gasteiger partial charge in [-0.15, -0.1) is 11.3 Å². The Balaban J connectivity index is 1.54. The van der Waals surface area contributed by atoms with Gasteiger partial charge in [0.2, 0.25) is 5.91 Å². The summed E-state index contributed by atoms with van der Waals surface area (Å²) >= 11 is 13.2. The van der Waals surface area contributed by atoms with E-state index in [-0.39, 0.29) is 23.5 Å². The van der Waals surface area contributed by atoms with Crippen molar-refractivity contribution in [1.82, 2.24) is 20.6 Å². The van der Waals surface area contributed by atoms with E-state index in [4.69, 9.17) is 23.2 Å². The van der Waals surface area contributed by atoms with Gasteiger partial charge in [-0.1, -0.05) is 23.2 Å². The van der Waals surface area contributed by atoms with Crippen LogP contribution in [0.15, 0.2) is 48.1 Å². The molecule has 2 aromatic heterocycles. The highest BCUT2D eigenvalue weighted by Crippen LogP contribution is 2.25. The van der Waals surface area contributed by atoms with E-state index < -0.39 is 5.91 Å². The quantitative estimate of drug-likeness (QED) is 0.610. The third-order valence-electron chi connectivity index (χ3n) is 3.84. The molecule has 0 radical (unpaired) electrons. The van der Waals surface area contributed by atoms with Crippen molar-refractivity contribution in [2.75, 3.05) is 6.54 Å². The van der Waals surface area contributed by atoms with Crippen LogP contribution in [0.25, 0.3) is 11.3 Å². The lowest BCUT2D eigenvalue weighted by molar-refractivity contribution is -0.120. The zero-order valence-electron chi connectivity index (χ0n) is 14.8. The molecule has 0 aliphatic rings. The topological polar surface area (TPSA) is 84.0 Å². The number of halogens is 2. The van der Waals surface area contributed by atoms with Gasteiger partial charge in [0.05, 0.1) is 28.3 Å². The van der Waals surface area contributed by atoms with Crippen LogP contribution in [-0.4, -0.2) is 28.3 Å². The van der Waals surface area contributed by atoms with E-state index in [1.165, 1.54) is 23.5 Å². The molecule has 1 unspecified atom stereocenters. The Morgan fingerprint density at radius 2 is 1.89 bits per heavy atom. The zero-order chi connectivity index (χ0) is 20.1. The molecule has 0 spiro atoms. The van der Waals surface area contributed by atoms with Gasteiger partial charge >= 0.3 is 0 Å². The van der Waals surface area contributed by atoms with Gasteiger partial charge in [0, 0.05) is 28.9 Å². The van der Waals surface area contributed by atoms with Crippen LogP contribution >= 0.6 is 34.5 Å². The van der Waals surface area contributed by atoms with Crippen LogP contribution in [0.4, 0.5) is 0 Å². The highest BCUT2D eigenvalue weighted by Gasteiger charge is 2.15. The van der Waals surface area contributed by atoms with Crippen molar-refractivity contribution in [3.05, 3.63) is 68.7 Å². The number of carbonyl (C=O) groups is 2. The Hall–Kier alpha value is -2.48. The van der Waals surface area contributed by atoms with Crippen molar-refractivity contribution in [1.29, 1.82) is 0 Å². The fraction of sp³-hybridized carbons (Fsp3) is 0.158. The van der Waals surface area contributed by atoms with E-state index >= 15 is 0 Å². The molecule has 0 bridgehead atoms. The highest BCUT2D eigenvalue weighted by atomic mass is 35.5. The Morgan fingerprint density at radius 3 is 2.61 bits per heavy atom. The summed E-state index contributed by atoms with van der Waals surface area (Å²) < 4.78 is 0. The minimum Gasteiger partial charge on any atom is -0.346 e. The first-order chi connectivity index (χ1) is 13.4. The summed E-state index contributed by atoms with van der Waals surface area (Å²) in [6.45, 7) is 1.68. The fourth-order valence-electron chi connectivity index (χ4n) is 2.40. The van der Waals surface area contributed by atoms with E-state index in [1.54, 1.807) is 18.5 Å². The molecule has 1 atom stereocenters. The molecule has 3 aromatic rings. The summed E-state index contributed by atoms with van der Waals surface area (Å²) in [7, 11) is 0. The normalized spacial score (nSPS) is 11.7. The molecule has 9 heteroatoms. The van der Waals surface area contributed by atoms with Crippen molar-refractivity contribution in [3.63, 3.8) is 0 Å². The number of amides is 2. The van der Waals surface area contributed by atoms with Gasteiger partial charge in [-0.25, -0.2) is 4.98 Å². The maximum atomic E-state index is 12.2. The van der Waals surface area contributed by atoms with Gasteiger partial charge in [-0.3, -0.25) is 14.6 Å². The van der Waals surface area contributed by atoms with Crippen molar-refractivity contribution < 1.29 is 9.59 Å². The van der Waals surface area contributed by atoms with Crippen LogP contribution in [0.2, 0.25) is 10.0 Å². The van der Waals surface area contributed by atoms with Gasteiger partial charge in [-0.05, 0) is 37.3 Å². The van der Waals surface area contributed by atoms with Crippen molar-refractivity contribution in [3.8, 4) is 11.3 Å². The largest absolute Gasteiger partial charge is 0.346 e. The third-order valence-corrected chi connectivity index (χ3v) is 5.60. The summed E-state index contributed by atoms with van der Waals surface area (Å²) in [5.41, 5.74) is 2.12. The second-order valence-corrected chi connectivity index (χ2v) is 7.61. The molecule has 1 aromatic carbocycles. The zero-order valence-corrected chi connectivity index (χ0v) is 17.1. The van der Waals surface area contributed by atoms with Crippen LogP contribution in [0.1, 0.15) is 28.3 Å². The van der Waals surface area contributed by atoms with E-state index in [0.717, 1.165) is 16.3 Å². The molecule has 0 fully saturated rings. The summed E-state index contributed by atoms with van der Waals surface area (Å²) in [4.78, 5) is 32.8. The molecular formula is C19H16Cl2N4O2S. The average Bonchev–Trinajstić information content (AvgIpc) is 3.19. The molecule has 0 aliphatic heterocycles. The molecule has 2 heterocycles. The van der Waals surface area contributed by atoms with Crippen molar-refractivity contribution in [2.24, 2.45) is 0 Å². The molecule has 0 saturated heterocycles. The summed E-state index contributed by atoms with van der Waals surface area (Å²) in [6, 6.07) is 8.00. The molecule has 6 nitrogen and oxygen atoms in total. The number of carbonyl (C=O) groups excluding carboxylic acids is 2. The number of pyridine rings is 1. The predicted molar refractivity (Wildman–Crippen MR) is 111 cm³/mol. The van der Waals surface area contributed by atoms with Crippen molar-refractivity contribution >= 4 is 46.4 Å². The number of aromatic nitrogens is 2. The number of benzene rings is 1. The average molecular weight is 435 g/mol. The van der Waals surface area contributed by atoms with Gasteiger partial charge in [0.1, 0.15) is 5.01 Å². The second kappa shape index (κ2) is 9.14. The first-order valence-corrected chi connectivity index (χ1v) is 9.96. The highest BCUT2D eigenvalue weighted by molar-refractivity contribution is 7.10. The summed E-state index contributed by atoms with van der Waals surface area (Å²) in [5.74, 6) is -0.725. The molecule has 2 N–H and O–H groups in total. The number of thiazole rings is 1. The molecule has 144 valence electrons. The molecule has 2 amide bonds. The van der Waals surface area contributed by atoms with Crippen LogP contribution in [0.3, 0.4) is 0 Å². The van der Waals surface area contributed by atoms with E-state index in [1.807, 2.05) is 24.4 Å². The summed E-state index contributed by atoms with van der Waals surface area (Å²) in [6.07, 6.45) is 3.41. The monoisotopic (exact) mass is 434 g/mol. The van der Waals surface area contributed by atoms with E-state index in [0.29, 0.717) is 10.6 Å². The minimum atomic E-state index is -0.407. The Morgan fingerprint density at radius 1 is 1.14 bits per heavy atom. The second-order valence-electron chi connectivity index (χ2n) is 5.91. The van der Waals surface area contributed by atoms with Crippen LogP contribution < -0.4 is 10.6 Å². The summed E-state index contributed by atoms with van der Waals surface area (Å²) in [5, 5.41) is 8.72. The van der Waals surface area contributed by atoms with Gasteiger partial charge in [0.15, 0.2) is 0 Å². The lowest BCUT2D eigenvalue weighted by Crippen LogP contribution is -2.38. The maximum Gasteiger partial charge on any atom is 0.251 e. The van der Waals surface area contributed by atoms with Crippen LogP contribution in [0, 0.1) is 0 Å². The van der Waals surface area contributed by atoms with E-state index in [2.05, 4.69) is 20.6 Å². The van der Waals surface area contributed by atoms with Crippen molar-refractivity contribution in [2.45, 2.75) is 13.0 Å². The van der Waals surface area contributed by atoms with E-state index in [9.17, 15) is 9.59 Å². The standard InChI is InChI=1S/C19H16Cl2N4O2S/c1-11(19-25-16(10-28-19)12-4-6-22-7-5-12)24-17(26)9-23-18(27)13-2-3-14(20)15(21)8-13/h2-8,10-11H,9H2,1H3,(H,23,27)(H,24,26). The molecule has 0 saturated carbocycles. The number of hydrogen-bond acceptors (Lipinski definition) is 5. The SMILES string of the molecule is CC(NC(=O)CNC(=O)c1ccc(Cl)c(Cl)c1)c1nc(-c2ccncc2)cs1. The fourth-order valence-corrected chi connectivity index (χ4v) is 3.53. The Bertz CT molecular complexity index is 995. The Kier molecular flexibility index (Phi) is 6.61. The first kappa shape index (κ1) is 20.3. The molecule has 0 aliphatic carbocycles. The number of hydrogen-bond donors (Lipinski definition) is 2.